The van der Waals surface area contributed by atoms with Crippen LogP contribution in [0.1, 0.15) is 54.6 Å². The third-order valence-electron chi connectivity index (χ3n) is 4.75. The second-order valence-electron chi connectivity index (χ2n) is 7.65. The summed E-state index contributed by atoms with van der Waals surface area (Å²) in [5.74, 6) is -0.357. The largest absolute Gasteiger partial charge is 0.394 e. The standard InChI is InChI=1S/C13H17F3N2.C7H10FNOS2.CH3NO/c1-3-8-11(7-13(14,15)16)18-10-6-4-5-9(10)12(8)17-2;1-7(2,10)5-3-4(8)6(11-5)12-9;2-1-3/h3-7H2,1-2H3,(H,17,18);3,10H,9H2,1-2H3;1H,(H2,2,3). The van der Waals surface area contributed by atoms with Crippen molar-refractivity contribution < 1.29 is 27.5 Å². The van der Waals surface area contributed by atoms with E-state index in [1.807, 2.05) is 6.92 Å². The van der Waals surface area contributed by atoms with Crippen LogP contribution >= 0.6 is 23.3 Å². The van der Waals surface area contributed by atoms with Crippen LogP contribution in [-0.4, -0.2) is 29.7 Å². The van der Waals surface area contributed by atoms with Crippen LogP contribution in [-0.2, 0) is 36.1 Å². The van der Waals surface area contributed by atoms with Crippen molar-refractivity contribution in [2.75, 3.05) is 12.4 Å². The van der Waals surface area contributed by atoms with Gasteiger partial charge in [0.2, 0.25) is 6.41 Å². The molecule has 6 nitrogen and oxygen atoms in total. The second kappa shape index (κ2) is 12.5. The van der Waals surface area contributed by atoms with Crippen LogP contribution in [0, 0.1) is 5.82 Å². The van der Waals surface area contributed by atoms with Gasteiger partial charge in [-0.1, -0.05) is 6.92 Å². The minimum atomic E-state index is -4.20. The summed E-state index contributed by atoms with van der Waals surface area (Å²) in [5.41, 5.74) is 6.92. The topological polar surface area (TPSA) is 114 Å². The van der Waals surface area contributed by atoms with Gasteiger partial charge in [0.1, 0.15) is 10.0 Å². The molecule has 0 saturated heterocycles. The van der Waals surface area contributed by atoms with Crippen LogP contribution in [0.3, 0.4) is 0 Å². The molecule has 12 heteroatoms. The van der Waals surface area contributed by atoms with Crippen molar-refractivity contribution in [2.45, 2.75) is 68.9 Å². The molecule has 0 fully saturated rings. The average Bonchev–Trinajstić information content (AvgIpc) is 3.32. The monoisotopic (exact) mass is 510 g/mol. The average molecular weight is 511 g/mol. The molecule has 0 aromatic carbocycles. The molecule has 1 aliphatic rings. The van der Waals surface area contributed by atoms with Crippen LogP contribution in [0.25, 0.3) is 0 Å². The number of anilines is 1. The van der Waals surface area contributed by atoms with Crippen LogP contribution < -0.4 is 16.2 Å². The molecule has 2 heterocycles. The van der Waals surface area contributed by atoms with Gasteiger partial charge in [-0.15, -0.1) is 11.3 Å². The Labute approximate surface area is 199 Å². The number of nitrogens with one attached hydrogen (secondary N) is 1. The summed E-state index contributed by atoms with van der Waals surface area (Å²) in [6, 6.07) is 1.32. The molecule has 186 valence electrons. The maximum atomic E-state index is 12.9. The molecule has 33 heavy (non-hydrogen) atoms. The highest BCUT2D eigenvalue weighted by atomic mass is 32.2. The number of amides is 1. The Morgan fingerprint density at radius 1 is 1.33 bits per heavy atom. The molecule has 1 amide bonds. The minimum Gasteiger partial charge on any atom is -0.388 e. The van der Waals surface area contributed by atoms with Gasteiger partial charge in [-0.25, -0.2) is 4.39 Å². The third-order valence-corrected chi connectivity index (χ3v) is 6.91. The zero-order valence-corrected chi connectivity index (χ0v) is 20.6. The minimum absolute atomic E-state index is 0.190. The van der Waals surface area contributed by atoms with Gasteiger partial charge in [0, 0.05) is 23.3 Å². The lowest BCUT2D eigenvalue weighted by atomic mass is 10.0. The number of carbonyl (C=O) groups is 1. The fourth-order valence-corrected chi connectivity index (χ4v) is 4.83. The number of alkyl halides is 3. The van der Waals surface area contributed by atoms with E-state index in [-0.39, 0.29) is 17.9 Å². The molecule has 0 radical (unpaired) electrons. The SMILES string of the molecule is CC(C)(O)c1cc(F)c(SN)s1.CCc1c(CC(F)(F)F)nc2c(c1NC)CCC2.NC=O. The van der Waals surface area contributed by atoms with Crippen molar-refractivity contribution in [3.05, 3.63) is 39.3 Å². The van der Waals surface area contributed by atoms with E-state index >= 15 is 0 Å². The number of nitrogens with two attached hydrogens (primary N) is 2. The lowest BCUT2D eigenvalue weighted by molar-refractivity contribution is -0.128. The van der Waals surface area contributed by atoms with E-state index in [4.69, 9.17) is 9.93 Å². The Kier molecular flexibility index (Phi) is 11.1. The van der Waals surface area contributed by atoms with Crippen LogP contribution in [0.15, 0.2) is 10.3 Å². The maximum absolute atomic E-state index is 12.9. The van der Waals surface area contributed by atoms with E-state index in [9.17, 15) is 22.7 Å². The van der Waals surface area contributed by atoms with Crippen LogP contribution in [0.5, 0.6) is 0 Å². The normalized spacial score (nSPS) is 12.8. The Hall–Kier alpha value is -1.89. The highest BCUT2D eigenvalue weighted by Crippen LogP contribution is 2.35. The highest BCUT2D eigenvalue weighted by Gasteiger charge is 2.32. The molecule has 0 unspecified atom stereocenters. The molecular weight excluding hydrogens is 480 g/mol. The van der Waals surface area contributed by atoms with Gasteiger partial charge in [-0.05, 0) is 68.7 Å². The summed E-state index contributed by atoms with van der Waals surface area (Å²) in [6.07, 6.45) is -1.62. The fourth-order valence-electron chi connectivity index (χ4n) is 3.43. The lowest BCUT2D eigenvalue weighted by Crippen LogP contribution is -2.17. The number of fused-ring (bicyclic) bond motifs is 1. The molecule has 1 aliphatic carbocycles. The van der Waals surface area contributed by atoms with Crippen molar-refractivity contribution in [1.82, 2.24) is 4.98 Å². The zero-order chi connectivity index (χ0) is 25.4. The number of pyridine rings is 1. The number of aryl methyl sites for hydroxylation is 1. The van der Waals surface area contributed by atoms with Crippen molar-refractivity contribution in [1.29, 1.82) is 0 Å². The molecule has 0 aliphatic heterocycles. The van der Waals surface area contributed by atoms with Gasteiger partial charge < -0.3 is 16.2 Å². The molecule has 3 rings (SSSR count). The van der Waals surface area contributed by atoms with E-state index in [1.54, 1.807) is 20.9 Å². The molecule has 0 spiro atoms. The summed E-state index contributed by atoms with van der Waals surface area (Å²) in [6.45, 7) is 5.10. The first-order valence-corrected chi connectivity index (χ1v) is 11.8. The smallest absolute Gasteiger partial charge is 0.388 e. The summed E-state index contributed by atoms with van der Waals surface area (Å²) in [7, 11) is 1.77. The van der Waals surface area contributed by atoms with E-state index < -0.39 is 18.2 Å². The summed E-state index contributed by atoms with van der Waals surface area (Å²) < 4.78 is 51.1. The fraction of sp³-hybridized carbons (Fsp3) is 0.524. The maximum Gasteiger partial charge on any atom is 0.394 e. The lowest BCUT2D eigenvalue weighted by Gasteiger charge is -2.18. The van der Waals surface area contributed by atoms with Crippen LogP contribution in [0.2, 0.25) is 0 Å². The van der Waals surface area contributed by atoms with Gasteiger partial charge in [-0.2, -0.15) is 13.2 Å². The van der Waals surface area contributed by atoms with E-state index in [0.29, 0.717) is 15.5 Å². The first kappa shape index (κ1) is 29.1. The number of hydrogen-bond acceptors (Lipinski definition) is 7. The predicted octanol–water partition coefficient (Wildman–Crippen LogP) is 4.46. The van der Waals surface area contributed by atoms with Crippen molar-refractivity contribution >= 4 is 35.4 Å². The Balaban J connectivity index is 0.000000314. The van der Waals surface area contributed by atoms with E-state index in [2.05, 4.69) is 16.0 Å². The number of hydrogen-bond donors (Lipinski definition) is 4. The van der Waals surface area contributed by atoms with Gasteiger partial charge in [0.25, 0.3) is 0 Å². The predicted molar refractivity (Wildman–Crippen MR) is 125 cm³/mol. The first-order chi connectivity index (χ1) is 15.3. The Morgan fingerprint density at radius 2 is 1.94 bits per heavy atom. The van der Waals surface area contributed by atoms with Crippen molar-refractivity contribution in [3.63, 3.8) is 0 Å². The molecule has 0 saturated carbocycles. The summed E-state index contributed by atoms with van der Waals surface area (Å²) >= 11 is 2.04. The highest BCUT2D eigenvalue weighted by molar-refractivity contribution is 7.99. The molecule has 2 aromatic heterocycles. The third kappa shape index (κ3) is 8.43. The van der Waals surface area contributed by atoms with Crippen molar-refractivity contribution in [3.8, 4) is 0 Å². The number of rotatable bonds is 5. The van der Waals surface area contributed by atoms with Gasteiger partial charge >= 0.3 is 6.18 Å². The van der Waals surface area contributed by atoms with Gasteiger partial charge in [0.05, 0.1) is 17.7 Å². The number of aliphatic hydroxyl groups is 1. The van der Waals surface area contributed by atoms with E-state index in [1.165, 1.54) is 17.4 Å². The molecule has 0 bridgehead atoms. The number of carbonyl (C=O) groups excluding carboxylic acids is 1. The first-order valence-electron chi connectivity index (χ1n) is 10.1. The summed E-state index contributed by atoms with van der Waals surface area (Å²) in [4.78, 5) is 13.4. The second-order valence-corrected chi connectivity index (χ2v) is 9.60. The molecular formula is C21H30F4N4O2S2. The number of primary amides is 1. The number of halogens is 4. The van der Waals surface area contributed by atoms with Crippen molar-refractivity contribution in [2.24, 2.45) is 10.9 Å². The van der Waals surface area contributed by atoms with Gasteiger partial charge in [0.15, 0.2) is 0 Å². The zero-order valence-electron chi connectivity index (χ0n) is 19.0. The van der Waals surface area contributed by atoms with Gasteiger partial charge in [-0.3, -0.25) is 14.9 Å². The van der Waals surface area contributed by atoms with E-state index in [0.717, 1.165) is 53.7 Å². The quantitative estimate of drug-likeness (QED) is 0.268. The summed E-state index contributed by atoms with van der Waals surface area (Å²) in [5, 5.41) is 17.8. The number of thiophene rings is 1. The number of aromatic nitrogens is 1. The molecule has 6 N–H and O–H groups in total. The molecule has 0 atom stereocenters. The van der Waals surface area contributed by atoms with Crippen LogP contribution in [0.4, 0.5) is 23.2 Å². The Morgan fingerprint density at radius 3 is 2.33 bits per heavy atom. The molecule has 2 aromatic rings. The number of nitrogens with zero attached hydrogens (tertiary/aromatic N) is 1. The Bertz CT molecular complexity index is 928.